The minimum absolute atomic E-state index is 0.0373. The number of benzene rings is 2. The Balaban J connectivity index is 1.66. The molecule has 3 amide bonds. The molecule has 0 spiro atoms. The number of amides is 3. The Kier molecular flexibility index (Phi) is 6.63. The average Bonchev–Trinajstić information content (AvgIpc) is 3.23. The van der Waals surface area contributed by atoms with E-state index in [2.05, 4.69) is 4.28 Å². The zero-order chi connectivity index (χ0) is 29.3. The third-order valence-corrected chi connectivity index (χ3v) is 7.92. The second kappa shape index (κ2) is 9.06. The second-order valence-electron chi connectivity index (χ2n) is 9.34. The highest BCUT2D eigenvalue weighted by Crippen LogP contribution is 2.44. The van der Waals surface area contributed by atoms with Crippen molar-refractivity contribution in [3.8, 4) is 0 Å². The lowest BCUT2D eigenvalue weighted by molar-refractivity contribution is -0.184. The van der Waals surface area contributed by atoms with Gasteiger partial charge in [0.25, 0.3) is 17.7 Å². The van der Waals surface area contributed by atoms with Gasteiger partial charge in [-0.3, -0.25) is 19.6 Å². The number of fused-ring (bicyclic) bond motifs is 2. The Labute approximate surface area is 217 Å². The molecule has 0 bridgehead atoms. The molecule has 210 valence electrons. The lowest BCUT2D eigenvalue weighted by Gasteiger charge is -2.27. The maximum absolute atomic E-state index is 14.1. The van der Waals surface area contributed by atoms with Crippen LogP contribution in [0.2, 0.25) is 0 Å². The molecule has 1 unspecified atom stereocenters. The van der Waals surface area contributed by atoms with Gasteiger partial charge >= 0.3 is 21.3 Å². The molecule has 39 heavy (non-hydrogen) atoms. The monoisotopic (exact) mass is 576 g/mol. The first-order valence-corrected chi connectivity index (χ1v) is 12.5. The molecular weight excluding hydrogens is 556 g/mol. The van der Waals surface area contributed by atoms with Crippen LogP contribution in [0.5, 0.6) is 0 Å². The standard InChI is InChI=1S/C23H20F4N2O9S/c1-21(2,11-3-5-13-15(9-11)18(32)28(35)17(13)31)12-4-6-14-16(10-12)20(34)29(19(14)33)38-39(36,37)23(26,27)22(24,25)7-8-30/h3-6,9-10,19,30,33,35H,7-8H2,1-2H3. The summed E-state index contributed by atoms with van der Waals surface area (Å²) in [6.45, 7) is 1.82. The summed E-state index contributed by atoms with van der Waals surface area (Å²) in [5.74, 6) is -8.54. The summed E-state index contributed by atoms with van der Waals surface area (Å²) in [6, 6.07) is 7.92. The molecule has 2 aliphatic rings. The number of carbonyl (C=O) groups is 3. The molecule has 0 radical (unpaired) electrons. The maximum atomic E-state index is 14.1. The SMILES string of the molecule is CC(C)(c1ccc2c(c1)C(=O)N(O)C2=O)c1ccc2c(c1)C(=O)N(OS(=O)(=O)C(F)(F)C(F)(F)CCO)C2O. The fourth-order valence-electron chi connectivity index (χ4n) is 4.19. The van der Waals surface area contributed by atoms with Gasteiger partial charge in [-0.1, -0.05) is 32.0 Å². The van der Waals surface area contributed by atoms with Gasteiger partial charge in [0.15, 0.2) is 6.23 Å². The van der Waals surface area contributed by atoms with Crippen molar-refractivity contribution in [3.63, 3.8) is 0 Å². The van der Waals surface area contributed by atoms with E-state index in [0.29, 0.717) is 11.1 Å². The van der Waals surface area contributed by atoms with Crippen LogP contribution in [0.15, 0.2) is 36.4 Å². The Morgan fingerprint density at radius 1 is 0.897 bits per heavy atom. The summed E-state index contributed by atoms with van der Waals surface area (Å²) in [5.41, 5.74) is -1.03. The van der Waals surface area contributed by atoms with E-state index < -0.39 is 63.7 Å². The van der Waals surface area contributed by atoms with Gasteiger partial charge < -0.3 is 10.2 Å². The number of aliphatic hydroxyl groups is 2. The summed E-state index contributed by atoms with van der Waals surface area (Å²) in [7, 11) is -6.54. The highest BCUT2D eigenvalue weighted by molar-refractivity contribution is 7.87. The van der Waals surface area contributed by atoms with Gasteiger partial charge in [0.2, 0.25) is 0 Å². The van der Waals surface area contributed by atoms with E-state index in [-0.39, 0.29) is 32.4 Å². The molecule has 11 nitrogen and oxygen atoms in total. The molecule has 0 aliphatic carbocycles. The van der Waals surface area contributed by atoms with Crippen molar-refractivity contribution in [2.45, 2.75) is 43.1 Å². The van der Waals surface area contributed by atoms with Crippen LogP contribution in [0.3, 0.4) is 0 Å². The summed E-state index contributed by atoms with van der Waals surface area (Å²) in [5, 5.41) is 22.3. The van der Waals surface area contributed by atoms with Crippen molar-refractivity contribution >= 4 is 27.8 Å². The zero-order valence-corrected chi connectivity index (χ0v) is 20.9. The molecular formula is C23H20F4N2O9S. The molecule has 0 aromatic heterocycles. The van der Waals surface area contributed by atoms with Crippen LogP contribution < -0.4 is 0 Å². The molecule has 2 aromatic rings. The van der Waals surface area contributed by atoms with Crippen molar-refractivity contribution in [2.24, 2.45) is 0 Å². The van der Waals surface area contributed by atoms with Gasteiger partial charge in [-0.05, 0) is 29.3 Å². The third-order valence-electron chi connectivity index (χ3n) is 6.64. The lowest BCUT2D eigenvalue weighted by atomic mass is 9.76. The first kappa shape index (κ1) is 28.6. The molecule has 3 N–H and O–H groups in total. The average molecular weight is 576 g/mol. The molecule has 0 saturated heterocycles. The number of hydrogen-bond donors (Lipinski definition) is 3. The normalized spacial score (nSPS) is 18.2. The Hall–Kier alpha value is -3.44. The summed E-state index contributed by atoms with van der Waals surface area (Å²) < 4.78 is 83.8. The summed E-state index contributed by atoms with van der Waals surface area (Å²) >= 11 is 0. The molecule has 2 heterocycles. The van der Waals surface area contributed by atoms with E-state index in [4.69, 9.17) is 5.11 Å². The highest BCUT2D eigenvalue weighted by Gasteiger charge is 2.67. The molecule has 16 heteroatoms. The number of carbonyl (C=O) groups excluding carboxylic acids is 3. The van der Waals surface area contributed by atoms with E-state index in [1.807, 2.05) is 0 Å². The molecule has 2 aliphatic heterocycles. The number of hydroxylamine groups is 4. The van der Waals surface area contributed by atoms with Crippen molar-refractivity contribution in [2.75, 3.05) is 6.61 Å². The second-order valence-corrected chi connectivity index (χ2v) is 10.9. The number of rotatable bonds is 8. The molecule has 0 fully saturated rings. The predicted molar refractivity (Wildman–Crippen MR) is 120 cm³/mol. The van der Waals surface area contributed by atoms with Crippen molar-refractivity contribution < 1.29 is 60.1 Å². The first-order chi connectivity index (χ1) is 17.9. The Morgan fingerprint density at radius 2 is 1.44 bits per heavy atom. The van der Waals surface area contributed by atoms with E-state index in [9.17, 15) is 50.7 Å². The largest absolute Gasteiger partial charge is 0.433 e. The van der Waals surface area contributed by atoms with Gasteiger partial charge in [-0.15, -0.1) is 9.35 Å². The summed E-state index contributed by atoms with van der Waals surface area (Å²) in [4.78, 5) is 37.0. The van der Waals surface area contributed by atoms with E-state index >= 15 is 0 Å². The van der Waals surface area contributed by atoms with Crippen LogP contribution in [-0.2, 0) is 19.8 Å². The summed E-state index contributed by atoms with van der Waals surface area (Å²) in [6.07, 6.45) is -4.17. The number of imide groups is 1. The number of aliphatic hydroxyl groups excluding tert-OH is 2. The molecule has 2 aromatic carbocycles. The van der Waals surface area contributed by atoms with Crippen LogP contribution >= 0.6 is 0 Å². The molecule has 0 saturated carbocycles. The first-order valence-electron chi connectivity index (χ1n) is 11.1. The van der Waals surface area contributed by atoms with Gasteiger partial charge in [0, 0.05) is 29.6 Å². The minimum atomic E-state index is -6.54. The smallest absolute Gasteiger partial charge is 0.396 e. The van der Waals surface area contributed by atoms with Crippen LogP contribution in [-0.4, -0.2) is 69.5 Å². The van der Waals surface area contributed by atoms with E-state index in [1.165, 1.54) is 36.4 Å². The van der Waals surface area contributed by atoms with Crippen LogP contribution in [0.4, 0.5) is 17.6 Å². The predicted octanol–water partition coefficient (Wildman–Crippen LogP) is 2.32. The molecule has 4 rings (SSSR count). The number of halogens is 4. The fourth-order valence-corrected chi connectivity index (χ4v) is 5.11. The minimum Gasteiger partial charge on any atom is -0.396 e. The fraction of sp³-hybridized carbons (Fsp3) is 0.348. The van der Waals surface area contributed by atoms with E-state index in [1.54, 1.807) is 13.8 Å². The van der Waals surface area contributed by atoms with Gasteiger partial charge in [-0.2, -0.15) is 31.0 Å². The van der Waals surface area contributed by atoms with Crippen molar-refractivity contribution in [1.29, 1.82) is 0 Å². The zero-order valence-electron chi connectivity index (χ0n) is 20.1. The Morgan fingerprint density at radius 3 is 2.03 bits per heavy atom. The number of nitrogens with zero attached hydrogens (tertiary/aromatic N) is 2. The molecule has 1 atom stereocenters. The maximum Gasteiger partial charge on any atom is 0.433 e. The highest BCUT2D eigenvalue weighted by atomic mass is 32.2. The van der Waals surface area contributed by atoms with Crippen LogP contribution in [0, 0.1) is 0 Å². The van der Waals surface area contributed by atoms with Gasteiger partial charge in [0.1, 0.15) is 0 Å². The van der Waals surface area contributed by atoms with Gasteiger partial charge in [0.05, 0.1) is 11.1 Å². The quantitative estimate of drug-likeness (QED) is 0.243. The van der Waals surface area contributed by atoms with Crippen molar-refractivity contribution in [1.82, 2.24) is 10.1 Å². The van der Waals surface area contributed by atoms with Crippen LogP contribution in [0.1, 0.15) is 74.3 Å². The van der Waals surface area contributed by atoms with E-state index in [0.717, 1.165) is 0 Å². The topological polar surface area (TPSA) is 162 Å². The third kappa shape index (κ3) is 4.19. The number of hydrogen-bond acceptors (Lipinski definition) is 9. The van der Waals surface area contributed by atoms with Crippen LogP contribution in [0.25, 0.3) is 0 Å². The lowest BCUT2D eigenvalue weighted by Crippen LogP contribution is -2.50. The van der Waals surface area contributed by atoms with Gasteiger partial charge in [-0.25, -0.2) is 0 Å². The Bertz CT molecular complexity index is 1510. The number of alkyl halides is 4. The van der Waals surface area contributed by atoms with Crippen molar-refractivity contribution in [3.05, 3.63) is 69.8 Å².